The third kappa shape index (κ3) is 4.33. The molecule has 0 amide bonds. The second-order valence-electron chi connectivity index (χ2n) is 12.9. The Morgan fingerprint density at radius 1 is 0.447 bits per heavy atom. The van der Waals surface area contributed by atoms with Crippen molar-refractivity contribution in [1.29, 1.82) is 0 Å². The molecule has 0 atom stereocenters. The molecule has 2 nitrogen and oxygen atoms in total. The molecule has 0 spiro atoms. The van der Waals surface area contributed by atoms with Crippen molar-refractivity contribution in [3.05, 3.63) is 175 Å². The van der Waals surface area contributed by atoms with Crippen LogP contribution >= 0.6 is 0 Å². The zero-order valence-corrected chi connectivity index (χ0v) is 26.4. The van der Waals surface area contributed by atoms with Gasteiger partial charge in [-0.05, 0) is 81.4 Å². The van der Waals surface area contributed by atoms with Crippen LogP contribution in [-0.2, 0) is 5.41 Å². The van der Waals surface area contributed by atoms with Crippen LogP contribution in [0.1, 0.15) is 25.0 Å². The summed E-state index contributed by atoms with van der Waals surface area (Å²) in [5, 5.41) is 2.27. The van der Waals surface area contributed by atoms with Gasteiger partial charge in [-0.3, -0.25) is 0 Å². The van der Waals surface area contributed by atoms with Crippen molar-refractivity contribution < 1.29 is 4.42 Å². The number of anilines is 3. The lowest BCUT2D eigenvalue weighted by Gasteiger charge is -2.29. The quantitative estimate of drug-likeness (QED) is 0.195. The molecule has 47 heavy (non-hydrogen) atoms. The maximum atomic E-state index is 6.33. The van der Waals surface area contributed by atoms with E-state index in [0.29, 0.717) is 0 Å². The smallest absolute Gasteiger partial charge is 0.136 e. The summed E-state index contributed by atoms with van der Waals surface area (Å²) in [5.74, 6) is 0. The molecular formula is C45H33NO. The van der Waals surface area contributed by atoms with E-state index in [9.17, 15) is 0 Å². The summed E-state index contributed by atoms with van der Waals surface area (Å²) < 4.78 is 6.33. The van der Waals surface area contributed by atoms with E-state index in [-0.39, 0.29) is 5.41 Å². The highest BCUT2D eigenvalue weighted by Gasteiger charge is 2.35. The molecule has 7 aromatic carbocycles. The third-order valence-electron chi connectivity index (χ3n) is 9.90. The molecule has 0 fully saturated rings. The second kappa shape index (κ2) is 10.6. The van der Waals surface area contributed by atoms with Crippen molar-refractivity contribution in [2.75, 3.05) is 4.90 Å². The van der Waals surface area contributed by atoms with Gasteiger partial charge in [-0.25, -0.2) is 0 Å². The topological polar surface area (TPSA) is 16.4 Å². The zero-order valence-electron chi connectivity index (χ0n) is 26.4. The highest BCUT2D eigenvalue weighted by molar-refractivity contribution is 6.13. The summed E-state index contributed by atoms with van der Waals surface area (Å²) in [7, 11) is 0. The molecule has 1 aliphatic carbocycles. The highest BCUT2D eigenvalue weighted by atomic mass is 16.3. The monoisotopic (exact) mass is 603 g/mol. The molecule has 1 aliphatic rings. The van der Waals surface area contributed by atoms with Crippen LogP contribution in [0.2, 0.25) is 0 Å². The van der Waals surface area contributed by atoms with Gasteiger partial charge in [0.25, 0.3) is 0 Å². The predicted molar refractivity (Wildman–Crippen MR) is 197 cm³/mol. The first kappa shape index (κ1) is 27.5. The van der Waals surface area contributed by atoms with Crippen molar-refractivity contribution in [3.63, 3.8) is 0 Å². The van der Waals surface area contributed by atoms with E-state index in [1.807, 2.05) is 6.07 Å². The van der Waals surface area contributed by atoms with Crippen LogP contribution in [0.25, 0.3) is 55.3 Å². The molecule has 0 N–H and O–H groups in total. The summed E-state index contributed by atoms with van der Waals surface area (Å²) in [6, 6.07) is 58.9. The van der Waals surface area contributed by atoms with Gasteiger partial charge in [0, 0.05) is 33.1 Å². The number of furan rings is 1. The fourth-order valence-electron chi connectivity index (χ4n) is 7.60. The Bertz CT molecular complexity index is 2430. The van der Waals surface area contributed by atoms with E-state index in [4.69, 9.17) is 4.42 Å². The summed E-state index contributed by atoms with van der Waals surface area (Å²) >= 11 is 0. The Labute approximate surface area is 275 Å². The van der Waals surface area contributed by atoms with Crippen molar-refractivity contribution in [2.24, 2.45) is 0 Å². The average Bonchev–Trinajstić information content (AvgIpc) is 3.62. The van der Waals surface area contributed by atoms with E-state index in [1.165, 1.54) is 33.4 Å². The molecule has 224 valence electrons. The molecule has 0 bridgehead atoms. The Balaban J connectivity index is 1.28. The van der Waals surface area contributed by atoms with Crippen molar-refractivity contribution >= 4 is 39.0 Å². The minimum absolute atomic E-state index is 0.0531. The molecular weight excluding hydrogens is 571 g/mol. The first-order valence-corrected chi connectivity index (χ1v) is 16.3. The number of benzene rings is 7. The largest absolute Gasteiger partial charge is 0.456 e. The molecule has 0 radical (unpaired) electrons. The fraction of sp³-hybridized carbons (Fsp3) is 0.0667. The predicted octanol–water partition coefficient (Wildman–Crippen LogP) is 12.7. The molecule has 2 heteroatoms. The number of fused-ring (bicyclic) bond motifs is 6. The Morgan fingerprint density at radius 3 is 1.91 bits per heavy atom. The van der Waals surface area contributed by atoms with Gasteiger partial charge in [-0.15, -0.1) is 0 Å². The first-order chi connectivity index (χ1) is 23.1. The molecule has 0 saturated heterocycles. The number of hydrogen-bond acceptors (Lipinski definition) is 2. The van der Waals surface area contributed by atoms with Crippen LogP contribution < -0.4 is 4.90 Å². The van der Waals surface area contributed by atoms with E-state index < -0.39 is 0 Å². The molecule has 1 aromatic heterocycles. The van der Waals surface area contributed by atoms with Crippen LogP contribution in [0, 0.1) is 0 Å². The van der Waals surface area contributed by atoms with Gasteiger partial charge in [-0.2, -0.15) is 0 Å². The summed E-state index contributed by atoms with van der Waals surface area (Å²) in [5.41, 5.74) is 15.2. The SMILES string of the molecule is CC1(C)c2ccccc2-c2cc(N(c3ccc(-c4ccccc4)cc3)c3ccccc3-c3cccc4oc5ccccc5c34)ccc21. The van der Waals surface area contributed by atoms with Crippen molar-refractivity contribution in [1.82, 2.24) is 0 Å². The molecule has 0 saturated carbocycles. The zero-order chi connectivity index (χ0) is 31.5. The van der Waals surface area contributed by atoms with Crippen LogP contribution in [0.3, 0.4) is 0 Å². The lowest BCUT2D eigenvalue weighted by Crippen LogP contribution is -2.15. The summed E-state index contributed by atoms with van der Waals surface area (Å²) in [6.07, 6.45) is 0. The summed E-state index contributed by atoms with van der Waals surface area (Å²) in [4.78, 5) is 2.42. The molecule has 0 aliphatic heterocycles. The van der Waals surface area contributed by atoms with Crippen molar-refractivity contribution in [2.45, 2.75) is 19.3 Å². The highest BCUT2D eigenvalue weighted by Crippen LogP contribution is 2.51. The number of hydrogen-bond donors (Lipinski definition) is 0. The summed E-state index contributed by atoms with van der Waals surface area (Å²) in [6.45, 7) is 4.67. The van der Waals surface area contributed by atoms with Crippen LogP contribution in [0.15, 0.2) is 168 Å². The van der Waals surface area contributed by atoms with Gasteiger partial charge in [0.05, 0.1) is 5.69 Å². The molecule has 0 unspecified atom stereocenters. The second-order valence-corrected chi connectivity index (χ2v) is 12.9. The third-order valence-corrected chi connectivity index (χ3v) is 9.90. The standard InChI is InChI=1S/C45H33NO/c1-45(2)39-19-9-6-15-34(39)38-29-33(27-28-40(38)45)46(32-25-23-31(24-26-32)30-13-4-3-5-14-30)41-20-10-7-16-35(41)36-18-12-22-43-44(36)37-17-8-11-21-42(37)47-43/h3-29H,1-2H3. The van der Waals surface area contributed by atoms with Gasteiger partial charge in [0.1, 0.15) is 11.2 Å². The van der Waals surface area contributed by atoms with Crippen molar-refractivity contribution in [3.8, 4) is 33.4 Å². The lowest BCUT2D eigenvalue weighted by molar-refractivity contribution is 0.660. The first-order valence-electron chi connectivity index (χ1n) is 16.3. The van der Waals surface area contributed by atoms with Crippen LogP contribution in [0.4, 0.5) is 17.1 Å². The van der Waals surface area contributed by atoms with Gasteiger partial charge in [-0.1, -0.05) is 135 Å². The number of rotatable bonds is 5. The number of para-hydroxylation sites is 2. The minimum atomic E-state index is -0.0531. The maximum Gasteiger partial charge on any atom is 0.136 e. The van der Waals surface area contributed by atoms with E-state index >= 15 is 0 Å². The Kier molecular flexibility index (Phi) is 6.20. The fourth-order valence-corrected chi connectivity index (χ4v) is 7.60. The van der Waals surface area contributed by atoms with Gasteiger partial charge >= 0.3 is 0 Å². The van der Waals surface area contributed by atoms with E-state index in [2.05, 4.69) is 176 Å². The van der Waals surface area contributed by atoms with Crippen LogP contribution in [0.5, 0.6) is 0 Å². The average molecular weight is 604 g/mol. The molecule has 8 aromatic rings. The molecule has 1 heterocycles. The lowest BCUT2D eigenvalue weighted by atomic mass is 9.82. The molecule has 9 rings (SSSR count). The normalized spacial score (nSPS) is 13.1. The Hall–Kier alpha value is -5.86. The van der Waals surface area contributed by atoms with Gasteiger partial charge in [0.15, 0.2) is 0 Å². The van der Waals surface area contributed by atoms with Gasteiger partial charge in [0.2, 0.25) is 0 Å². The number of nitrogens with zero attached hydrogens (tertiary/aromatic N) is 1. The minimum Gasteiger partial charge on any atom is -0.456 e. The van der Waals surface area contributed by atoms with Gasteiger partial charge < -0.3 is 9.32 Å². The van der Waals surface area contributed by atoms with Crippen LogP contribution in [-0.4, -0.2) is 0 Å². The Morgan fingerprint density at radius 2 is 1.06 bits per heavy atom. The maximum absolute atomic E-state index is 6.33. The van der Waals surface area contributed by atoms with E-state index in [1.54, 1.807) is 0 Å². The van der Waals surface area contributed by atoms with E-state index in [0.717, 1.165) is 50.1 Å².